The van der Waals surface area contributed by atoms with E-state index in [9.17, 15) is 9.18 Å². The van der Waals surface area contributed by atoms with E-state index in [1.54, 1.807) is 6.07 Å². The molecule has 1 aromatic heterocycles. The molecule has 0 aliphatic carbocycles. The molecule has 0 fully saturated rings. The van der Waals surface area contributed by atoms with Crippen molar-refractivity contribution in [2.75, 3.05) is 0 Å². The first kappa shape index (κ1) is 11.6. The van der Waals surface area contributed by atoms with Crippen molar-refractivity contribution >= 4 is 16.9 Å². The van der Waals surface area contributed by atoms with Crippen LogP contribution in [-0.2, 0) is 17.8 Å². The van der Waals surface area contributed by atoms with Gasteiger partial charge in [-0.3, -0.25) is 4.79 Å². The SMILES string of the molecule is CCn1cc(CCC(=O)O)c2c(F)cccc21. The second kappa shape index (κ2) is 4.57. The van der Waals surface area contributed by atoms with E-state index in [2.05, 4.69) is 0 Å². The number of carbonyl (C=O) groups is 1. The predicted octanol–water partition coefficient (Wildman–Crippen LogP) is 2.82. The van der Waals surface area contributed by atoms with Crippen LogP contribution in [0.4, 0.5) is 4.39 Å². The number of aromatic nitrogens is 1. The summed E-state index contributed by atoms with van der Waals surface area (Å²) in [7, 11) is 0. The first-order chi connectivity index (χ1) is 8.13. The number of fused-ring (bicyclic) bond motifs is 1. The quantitative estimate of drug-likeness (QED) is 0.885. The molecule has 1 N–H and O–H groups in total. The Hall–Kier alpha value is -1.84. The summed E-state index contributed by atoms with van der Waals surface area (Å²) in [5, 5.41) is 9.23. The van der Waals surface area contributed by atoms with Crippen molar-refractivity contribution in [3.8, 4) is 0 Å². The molecule has 0 aliphatic heterocycles. The van der Waals surface area contributed by atoms with E-state index < -0.39 is 5.97 Å². The highest BCUT2D eigenvalue weighted by molar-refractivity contribution is 5.85. The third kappa shape index (κ3) is 2.16. The fourth-order valence-electron chi connectivity index (χ4n) is 2.08. The number of carboxylic acids is 1. The van der Waals surface area contributed by atoms with Crippen molar-refractivity contribution in [2.24, 2.45) is 0 Å². The van der Waals surface area contributed by atoms with Gasteiger partial charge >= 0.3 is 5.97 Å². The standard InChI is InChI=1S/C13H14FNO2/c1-2-15-8-9(6-7-12(16)17)13-10(14)4-3-5-11(13)15/h3-5,8H,2,6-7H2,1H3,(H,16,17). The lowest BCUT2D eigenvalue weighted by atomic mass is 10.1. The van der Waals surface area contributed by atoms with Crippen LogP contribution in [0.5, 0.6) is 0 Å². The lowest BCUT2D eigenvalue weighted by molar-refractivity contribution is -0.136. The molecular weight excluding hydrogens is 221 g/mol. The Kier molecular flexibility index (Phi) is 3.13. The van der Waals surface area contributed by atoms with Crippen LogP contribution in [0.15, 0.2) is 24.4 Å². The van der Waals surface area contributed by atoms with Crippen LogP contribution in [0, 0.1) is 5.82 Å². The van der Waals surface area contributed by atoms with Gasteiger partial charge in [-0.25, -0.2) is 4.39 Å². The second-order valence-corrected chi connectivity index (χ2v) is 3.97. The molecule has 1 heterocycles. The molecule has 0 aliphatic rings. The minimum atomic E-state index is -0.862. The van der Waals surface area contributed by atoms with Crippen LogP contribution >= 0.6 is 0 Å². The highest BCUT2D eigenvalue weighted by Gasteiger charge is 2.12. The summed E-state index contributed by atoms with van der Waals surface area (Å²) in [4.78, 5) is 10.6. The summed E-state index contributed by atoms with van der Waals surface area (Å²) >= 11 is 0. The summed E-state index contributed by atoms with van der Waals surface area (Å²) in [6.45, 7) is 2.72. The molecule has 0 saturated carbocycles. The number of aryl methyl sites for hydroxylation is 2. The highest BCUT2D eigenvalue weighted by atomic mass is 19.1. The number of benzene rings is 1. The first-order valence-electron chi connectivity index (χ1n) is 5.61. The molecule has 0 saturated heterocycles. The second-order valence-electron chi connectivity index (χ2n) is 3.97. The zero-order valence-corrected chi connectivity index (χ0v) is 9.61. The van der Waals surface area contributed by atoms with E-state index in [1.807, 2.05) is 23.8 Å². The first-order valence-corrected chi connectivity index (χ1v) is 5.61. The summed E-state index contributed by atoms with van der Waals surface area (Å²) in [6.07, 6.45) is 2.23. The van der Waals surface area contributed by atoms with Crippen LogP contribution in [0.1, 0.15) is 18.9 Å². The van der Waals surface area contributed by atoms with Gasteiger partial charge < -0.3 is 9.67 Å². The smallest absolute Gasteiger partial charge is 0.303 e. The Bertz CT molecular complexity index is 560. The number of rotatable bonds is 4. The third-order valence-electron chi connectivity index (χ3n) is 2.88. The number of carboxylic acid groups (broad SMARTS) is 1. The van der Waals surface area contributed by atoms with Crippen molar-refractivity contribution in [1.82, 2.24) is 4.57 Å². The third-order valence-corrected chi connectivity index (χ3v) is 2.88. The van der Waals surface area contributed by atoms with E-state index >= 15 is 0 Å². The van der Waals surface area contributed by atoms with Gasteiger partial charge in [0.15, 0.2) is 0 Å². The van der Waals surface area contributed by atoms with Crippen LogP contribution in [0.2, 0.25) is 0 Å². The summed E-state index contributed by atoms with van der Waals surface area (Å²) in [6, 6.07) is 4.93. The molecule has 2 rings (SSSR count). The van der Waals surface area contributed by atoms with Gasteiger partial charge in [-0.2, -0.15) is 0 Å². The molecule has 1 aromatic carbocycles. The number of hydrogen-bond acceptors (Lipinski definition) is 1. The molecule has 4 heteroatoms. The number of nitrogens with zero attached hydrogens (tertiary/aromatic N) is 1. The van der Waals surface area contributed by atoms with Crippen molar-refractivity contribution < 1.29 is 14.3 Å². The predicted molar refractivity (Wildman–Crippen MR) is 63.5 cm³/mol. The number of halogens is 1. The minimum absolute atomic E-state index is 0.0250. The summed E-state index contributed by atoms with van der Waals surface area (Å²) < 4.78 is 15.7. The van der Waals surface area contributed by atoms with Crippen LogP contribution in [-0.4, -0.2) is 15.6 Å². The molecule has 17 heavy (non-hydrogen) atoms. The van der Waals surface area contributed by atoms with Crippen LogP contribution < -0.4 is 0 Å². The number of hydrogen-bond donors (Lipinski definition) is 1. The van der Waals surface area contributed by atoms with Gasteiger partial charge in [-0.15, -0.1) is 0 Å². The van der Waals surface area contributed by atoms with Gasteiger partial charge in [0.05, 0.1) is 5.52 Å². The Labute approximate surface area is 98.5 Å². The lowest BCUT2D eigenvalue weighted by Crippen LogP contribution is -1.97. The Balaban J connectivity index is 2.51. The van der Waals surface area contributed by atoms with Crippen molar-refractivity contribution in [1.29, 1.82) is 0 Å². The molecule has 0 bridgehead atoms. The van der Waals surface area contributed by atoms with E-state index in [0.717, 1.165) is 17.6 Å². The van der Waals surface area contributed by atoms with Gasteiger partial charge in [0.2, 0.25) is 0 Å². The van der Waals surface area contributed by atoms with Gasteiger partial charge in [0, 0.05) is 24.5 Å². The zero-order chi connectivity index (χ0) is 12.4. The Morgan fingerprint density at radius 2 is 2.24 bits per heavy atom. The summed E-state index contributed by atoms with van der Waals surface area (Å²) in [5.41, 5.74) is 1.59. The van der Waals surface area contributed by atoms with E-state index in [0.29, 0.717) is 11.8 Å². The fraction of sp³-hybridized carbons (Fsp3) is 0.308. The van der Waals surface area contributed by atoms with Crippen molar-refractivity contribution in [3.63, 3.8) is 0 Å². The molecule has 0 atom stereocenters. The number of aliphatic carboxylic acids is 1. The maximum Gasteiger partial charge on any atom is 0.303 e. The molecule has 90 valence electrons. The van der Waals surface area contributed by atoms with Gasteiger partial charge in [0.1, 0.15) is 5.82 Å². The highest BCUT2D eigenvalue weighted by Crippen LogP contribution is 2.25. The van der Waals surface area contributed by atoms with Crippen molar-refractivity contribution in [2.45, 2.75) is 26.3 Å². The van der Waals surface area contributed by atoms with E-state index in [-0.39, 0.29) is 12.2 Å². The zero-order valence-electron chi connectivity index (χ0n) is 9.61. The lowest BCUT2D eigenvalue weighted by Gasteiger charge is -1.99. The van der Waals surface area contributed by atoms with Crippen molar-refractivity contribution in [3.05, 3.63) is 35.8 Å². The average molecular weight is 235 g/mol. The molecule has 0 amide bonds. The van der Waals surface area contributed by atoms with Crippen LogP contribution in [0.25, 0.3) is 10.9 Å². The monoisotopic (exact) mass is 235 g/mol. The van der Waals surface area contributed by atoms with Gasteiger partial charge in [-0.05, 0) is 31.0 Å². The maximum atomic E-state index is 13.8. The average Bonchev–Trinajstić information content (AvgIpc) is 2.66. The fourth-order valence-corrected chi connectivity index (χ4v) is 2.08. The molecule has 3 nitrogen and oxygen atoms in total. The van der Waals surface area contributed by atoms with Gasteiger partial charge in [-0.1, -0.05) is 6.07 Å². The van der Waals surface area contributed by atoms with E-state index in [4.69, 9.17) is 5.11 Å². The molecular formula is C13H14FNO2. The Morgan fingerprint density at radius 1 is 1.47 bits per heavy atom. The normalized spacial score (nSPS) is 10.9. The van der Waals surface area contributed by atoms with Crippen LogP contribution in [0.3, 0.4) is 0 Å². The molecule has 0 unspecified atom stereocenters. The molecule has 2 aromatic rings. The summed E-state index contributed by atoms with van der Waals surface area (Å²) in [5.74, 6) is -1.14. The van der Waals surface area contributed by atoms with E-state index in [1.165, 1.54) is 6.07 Å². The molecule has 0 radical (unpaired) electrons. The van der Waals surface area contributed by atoms with Gasteiger partial charge in [0.25, 0.3) is 0 Å². The largest absolute Gasteiger partial charge is 0.481 e. The maximum absolute atomic E-state index is 13.8. The minimum Gasteiger partial charge on any atom is -0.481 e. The molecule has 0 spiro atoms. The topological polar surface area (TPSA) is 42.2 Å². The Morgan fingerprint density at radius 3 is 2.88 bits per heavy atom.